The van der Waals surface area contributed by atoms with Crippen molar-refractivity contribution >= 4 is 80.1 Å². The molecule has 258 valence electrons. The zero-order valence-electron chi connectivity index (χ0n) is 30.1. The minimum absolute atomic E-state index is 0.0709. The molecule has 0 spiro atoms. The zero-order chi connectivity index (χ0) is 34.2. The van der Waals surface area contributed by atoms with Crippen molar-refractivity contribution in [3.05, 3.63) is 50.0 Å². The number of nitrogens with zero attached hydrogens (tertiary/aromatic N) is 1. The molecule has 3 atom stereocenters. The van der Waals surface area contributed by atoms with Gasteiger partial charge in [-0.05, 0) is 79.6 Å². The molecule has 3 nitrogen and oxygen atoms in total. The molecule has 8 heteroatoms. The van der Waals surface area contributed by atoms with Gasteiger partial charge in [-0.3, -0.25) is 14.5 Å². The summed E-state index contributed by atoms with van der Waals surface area (Å²) in [4.78, 5) is 38.6. The van der Waals surface area contributed by atoms with Gasteiger partial charge in [-0.25, -0.2) is 0 Å². The van der Waals surface area contributed by atoms with Gasteiger partial charge in [0.25, 0.3) is 11.8 Å². The number of carbonyl (C=O) groups excluding carboxylic acids is 2. The number of fused-ring (bicyclic) bond motifs is 4. The van der Waals surface area contributed by atoms with Crippen LogP contribution in [0.1, 0.15) is 134 Å². The molecular formula is C40H53NO2S4Si. The first kappa shape index (κ1) is 36.0. The van der Waals surface area contributed by atoms with Crippen LogP contribution in [0, 0.1) is 25.7 Å². The SMILES string of the molecule is CCCCc1ccc([Si]2(CC(CC)CCCC)c3cc(C)sc3-c3sc(-c4sc(C)c5c4C(=O)N(CC(CC)CCCC)C5=O)cc32)s1. The lowest BCUT2D eigenvalue weighted by Gasteiger charge is -2.32. The van der Waals surface area contributed by atoms with Crippen molar-refractivity contribution in [2.24, 2.45) is 11.8 Å². The second-order valence-electron chi connectivity index (χ2n) is 14.2. The Morgan fingerprint density at radius 1 is 0.708 bits per heavy atom. The summed E-state index contributed by atoms with van der Waals surface area (Å²) >= 11 is 7.62. The molecule has 4 aromatic heterocycles. The zero-order valence-corrected chi connectivity index (χ0v) is 34.3. The fourth-order valence-corrected chi connectivity index (χ4v) is 21.1. The van der Waals surface area contributed by atoms with Gasteiger partial charge < -0.3 is 0 Å². The Morgan fingerprint density at radius 2 is 1.35 bits per heavy atom. The highest BCUT2D eigenvalue weighted by atomic mass is 32.1. The molecule has 2 aliphatic heterocycles. The van der Waals surface area contributed by atoms with E-state index in [4.69, 9.17) is 0 Å². The summed E-state index contributed by atoms with van der Waals surface area (Å²) < 4.78 is 1.62. The van der Waals surface area contributed by atoms with Gasteiger partial charge in [-0.15, -0.1) is 45.3 Å². The molecule has 0 bridgehead atoms. The number of rotatable bonds is 17. The molecule has 0 radical (unpaired) electrons. The number of carbonyl (C=O) groups is 2. The number of imide groups is 1. The van der Waals surface area contributed by atoms with Gasteiger partial charge in [-0.1, -0.05) is 92.1 Å². The van der Waals surface area contributed by atoms with Crippen LogP contribution in [0.5, 0.6) is 0 Å². The molecule has 2 amide bonds. The summed E-state index contributed by atoms with van der Waals surface area (Å²) in [6, 6.07) is 11.3. The number of unbranched alkanes of at least 4 members (excludes halogenated alkanes) is 3. The second-order valence-corrected chi connectivity index (χ2v) is 23.1. The van der Waals surface area contributed by atoms with Gasteiger partial charge in [0.1, 0.15) is 0 Å². The highest BCUT2D eigenvalue weighted by molar-refractivity contribution is 7.39. The van der Waals surface area contributed by atoms with Crippen molar-refractivity contribution in [2.45, 2.75) is 125 Å². The van der Waals surface area contributed by atoms with E-state index in [1.54, 1.807) is 31.1 Å². The van der Waals surface area contributed by atoms with Crippen LogP contribution >= 0.6 is 45.3 Å². The molecule has 0 saturated heterocycles. The summed E-state index contributed by atoms with van der Waals surface area (Å²) in [6.07, 6.45) is 13.0. The molecule has 0 fully saturated rings. The van der Waals surface area contributed by atoms with E-state index < -0.39 is 8.07 Å². The van der Waals surface area contributed by atoms with Gasteiger partial charge in [0.2, 0.25) is 0 Å². The molecule has 3 unspecified atom stereocenters. The summed E-state index contributed by atoms with van der Waals surface area (Å²) in [7, 11) is -2.31. The van der Waals surface area contributed by atoms with E-state index in [2.05, 4.69) is 77.1 Å². The number of hydrogen-bond donors (Lipinski definition) is 0. The second kappa shape index (κ2) is 15.2. The van der Waals surface area contributed by atoms with Crippen LogP contribution in [0.3, 0.4) is 0 Å². The average molecular weight is 736 g/mol. The number of thiophene rings is 4. The molecule has 6 rings (SSSR count). The van der Waals surface area contributed by atoms with Crippen LogP contribution in [0.2, 0.25) is 6.04 Å². The molecule has 4 aromatic rings. The van der Waals surface area contributed by atoms with Gasteiger partial charge >= 0.3 is 0 Å². The molecule has 6 heterocycles. The lowest BCUT2D eigenvalue weighted by atomic mass is 9.99. The van der Waals surface area contributed by atoms with Gasteiger partial charge in [0.05, 0.1) is 16.0 Å². The maximum absolute atomic E-state index is 14.2. The Kier molecular flexibility index (Phi) is 11.4. The normalized spacial score (nSPS) is 18.1. The fourth-order valence-electron chi connectivity index (χ4n) is 8.07. The van der Waals surface area contributed by atoms with Crippen molar-refractivity contribution in [2.75, 3.05) is 6.54 Å². The lowest BCUT2D eigenvalue weighted by Crippen LogP contribution is -2.64. The summed E-state index contributed by atoms with van der Waals surface area (Å²) in [5, 5.41) is 3.21. The molecule has 2 aliphatic rings. The first-order chi connectivity index (χ1) is 23.2. The highest BCUT2D eigenvalue weighted by Crippen LogP contribution is 2.49. The van der Waals surface area contributed by atoms with E-state index in [1.807, 2.05) is 29.6 Å². The fraction of sp³-hybridized carbons (Fsp3) is 0.550. The Morgan fingerprint density at radius 3 is 2.04 bits per heavy atom. The predicted molar refractivity (Wildman–Crippen MR) is 215 cm³/mol. The monoisotopic (exact) mass is 735 g/mol. The minimum atomic E-state index is -2.31. The Hall–Kier alpha value is -1.84. The lowest BCUT2D eigenvalue weighted by molar-refractivity contribution is 0.0624. The standard InChI is InChI=1S/C40H53NO2S4Si/c1-8-13-16-27(11-4)23-41-39(42)34-26(7)45-36(35(34)40(41)43)30-22-32-38(47-30)37-31(21-25(6)44-37)48(32,24-28(12-5)17-14-9-2)33-20-19-29(46-33)18-15-10-3/h19-22,27-28H,8-18,23-24H2,1-7H3. The van der Waals surface area contributed by atoms with E-state index in [0.29, 0.717) is 29.5 Å². The number of hydrogen-bond acceptors (Lipinski definition) is 6. The van der Waals surface area contributed by atoms with E-state index >= 15 is 0 Å². The van der Waals surface area contributed by atoms with E-state index in [0.717, 1.165) is 35.4 Å². The maximum Gasteiger partial charge on any atom is 0.263 e. The molecule has 0 N–H and O–H groups in total. The van der Waals surface area contributed by atoms with Gasteiger partial charge in [-0.2, -0.15) is 0 Å². The van der Waals surface area contributed by atoms with Crippen molar-refractivity contribution in [3.8, 4) is 19.5 Å². The van der Waals surface area contributed by atoms with Gasteiger partial charge in [0.15, 0.2) is 8.07 Å². The van der Waals surface area contributed by atoms with Crippen molar-refractivity contribution in [3.63, 3.8) is 0 Å². The topological polar surface area (TPSA) is 37.4 Å². The summed E-state index contributed by atoms with van der Waals surface area (Å²) in [6.45, 7) is 16.3. The van der Waals surface area contributed by atoms with Crippen LogP contribution in [0.4, 0.5) is 0 Å². The Balaban J connectivity index is 1.47. The number of aryl methyl sites for hydroxylation is 3. The smallest absolute Gasteiger partial charge is 0.263 e. The van der Waals surface area contributed by atoms with Gasteiger partial charge in [0, 0.05) is 40.3 Å². The minimum Gasteiger partial charge on any atom is -0.274 e. The molecule has 0 saturated carbocycles. The van der Waals surface area contributed by atoms with Crippen LogP contribution in [0.25, 0.3) is 19.5 Å². The molecule has 48 heavy (non-hydrogen) atoms. The quantitative estimate of drug-likeness (QED) is 0.0800. The average Bonchev–Trinajstić information content (AvgIpc) is 3.92. The maximum atomic E-state index is 14.2. The van der Waals surface area contributed by atoms with Crippen LogP contribution in [-0.2, 0) is 6.42 Å². The molecular weight excluding hydrogens is 683 g/mol. The first-order valence-corrected chi connectivity index (χ1v) is 24.0. The van der Waals surface area contributed by atoms with Crippen molar-refractivity contribution in [1.29, 1.82) is 0 Å². The summed E-state index contributed by atoms with van der Waals surface area (Å²) in [5.74, 6) is 0.909. The third kappa shape index (κ3) is 6.31. The van der Waals surface area contributed by atoms with Crippen LogP contribution in [-0.4, -0.2) is 31.3 Å². The first-order valence-electron chi connectivity index (χ1n) is 18.6. The van der Waals surface area contributed by atoms with E-state index in [1.165, 1.54) is 75.4 Å². The predicted octanol–water partition coefficient (Wildman–Crippen LogP) is 11.0. The largest absolute Gasteiger partial charge is 0.274 e. The number of amides is 2. The Labute approximate surface area is 305 Å². The third-order valence-electron chi connectivity index (χ3n) is 10.9. The Bertz CT molecular complexity index is 1770. The van der Waals surface area contributed by atoms with Crippen LogP contribution < -0.4 is 14.9 Å². The summed E-state index contributed by atoms with van der Waals surface area (Å²) in [5.41, 5.74) is 1.34. The third-order valence-corrected chi connectivity index (χ3v) is 22.1. The van der Waals surface area contributed by atoms with Crippen molar-refractivity contribution < 1.29 is 9.59 Å². The van der Waals surface area contributed by atoms with E-state index in [9.17, 15) is 9.59 Å². The van der Waals surface area contributed by atoms with E-state index in [-0.39, 0.29) is 11.8 Å². The molecule has 0 aliphatic carbocycles. The van der Waals surface area contributed by atoms with Crippen LogP contribution in [0.15, 0.2) is 24.3 Å². The molecule has 0 aromatic carbocycles. The van der Waals surface area contributed by atoms with Crippen molar-refractivity contribution in [1.82, 2.24) is 4.90 Å². The highest BCUT2D eigenvalue weighted by Gasteiger charge is 2.52.